The number of halogens is 1. The van der Waals surface area contributed by atoms with Crippen LogP contribution in [0.4, 0.5) is 0 Å². The van der Waals surface area contributed by atoms with Crippen molar-refractivity contribution < 1.29 is 4.79 Å². The van der Waals surface area contributed by atoms with Crippen molar-refractivity contribution in [1.29, 1.82) is 0 Å². The van der Waals surface area contributed by atoms with Crippen LogP contribution in [0.1, 0.15) is 13.8 Å². The van der Waals surface area contributed by atoms with Gasteiger partial charge < -0.3 is 4.90 Å². The van der Waals surface area contributed by atoms with Crippen molar-refractivity contribution in [2.75, 3.05) is 18.8 Å². The Hall–Kier alpha value is -1.70. The summed E-state index contributed by atoms with van der Waals surface area (Å²) in [6, 6.07) is 7.52. The van der Waals surface area contributed by atoms with Gasteiger partial charge in [-0.1, -0.05) is 35.5 Å². The van der Waals surface area contributed by atoms with Gasteiger partial charge in [0.2, 0.25) is 5.91 Å². The van der Waals surface area contributed by atoms with Gasteiger partial charge in [0.1, 0.15) is 27.3 Å². The molecule has 0 aliphatic carbocycles. The van der Waals surface area contributed by atoms with Crippen LogP contribution in [0, 0.1) is 0 Å². The molecule has 0 N–H and O–H groups in total. The zero-order valence-corrected chi connectivity index (χ0v) is 16.3. The van der Waals surface area contributed by atoms with Crippen LogP contribution >= 0.6 is 34.9 Å². The summed E-state index contributed by atoms with van der Waals surface area (Å²) in [5.41, 5.74) is 2.58. The summed E-state index contributed by atoms with van der Waals surface area (Å²) in [7, 11) is 0. The summed E-state index contributed by atoms with van der Waals surface area (Å²) < 4.78 is 5.45. The first-order chi connectivity index (χ1) is 12.1. The number of thioether (sulfide) groups is 1. The Balaban J connectivity index is 1.86. The molecule has 0 saturated carbocycles. The number of carbonyl (C=O) groups excluding carboxylic acids is 1. The van der Waals surface area contributed by atoms with Crippen molar-refractivity contribution in [1.82, 2.24) is 19.2 Å². The molecule has 1 aromatic carbocycles. The molecule has 1 amide bonds. The fourth-order valence-corrected chi connectivity index (χ4v) is 4.39. The van der Waals surface area contributed by atoms with Gasteiger partial charge in [0, 0.05) is 23.7 Å². The van der Waals surface area contributed by atoms with Crippen LogP contribution in [0.3, 0.4) is 0 Å². The van der Waals surface area contributed by atoms with Crippen LogP contribution in [-0.2, 0) is 4.79 Å². The van der Waals surface area contributed by atoms with E-state index in [2.05, 4.69) is 14.3 Å². The van der Waals surface area contributed by atoms with Crippen LogP contribution in [-0.4, -0.2) is 44.0 Å². The predicted molar refractivity (Wildman–Crippen MR) is 104 cm³/mol. The molecule has 3 aromatic rings. The standard InChI is InChI=1S/C17H17ClN4OS2/c1-3-22(4-2)13(23)9-24-17-16-15(19-10-20-17)14(21-25-16)11-5-7-12(18)8-6-11/h5-8,10H,3-4,9H2,1-2H3. The van der Waals surface area contributed by atoms with Gasteiger partial charge in [-0.3, -0.25) is 4.79 Å². The van der Waals surface area contributed by atoms with E-state index >= 15 is 0 Å². The molecule has 0 radical (unpaired) electrons. The highest BCUT2D eigenvalue weighted by Gasteiger charge is 2.16. The number of hydrogen-bond donors (Lipinski definition) is 0. The van der Waals surface area contributed by atoms with Crippen molar-refractivity contribution in [2.45, 2.75) is 18.9 Å². The monoisotopic (exact) mass is 392 g/mol. The Morgan fingerprint density at radius 1 is 1.20 bits per heavy atom. The van der Waals surface area contributed by atoms with Gasteiger partial charge in [0.15, 0.2) is 0 Å². The number of nitrogens with zero attached hydrogens (tertiary/aromatic N) is 4. The molecule has 25 heavy (non-hydrogen) atoms. The van der Waals surface area contributed by atoms with Gasteiger partial charge in [0.25, 0.3) is 0 Å². The lowest BCUT2D eigenvalue weighted by atomic mass is 10.1. The van der Waals surface area contributed by atoms with E-state index in [1.54, 1.807) is 0 Å². The first-order valence-electron chi connectivity index (χ1n) is 7.91. The maximum Gasteiger partial charge on any atom is 0.232 e. The molecule has 0 bridgehead atoms. The first-order valence-corrected chi connectivity index (χ1v) is 10.0. The maximum atomic E-state index is 12.2. The van der Waals surface area contributed by atoms with Gasteiger partial charge >= 0.3 is 0 Å². The predicted octanol–water partition coefficient (Wildman–Crippen LogP) is 4.37. The summed E-state index contributed by atoms with van der Waals surface area (Å²) in [6.07, 6.45) is 1.53. The molecular weight excluding hydrogens is 376 g/mol. The Morgan fingerprint density at radius 3 is 2.60 bits per heavy atom. The zero-order chi connectivity index (χ0) is 17.8. The molecule has 8 heteroatoms. The lowest BCUT2D eigenvalue weighted by molar-refractivity contribution is -0.127. The van der Waals surface area contributed by atoms with E-state index in [-0.39, 0.29) is 5.91 Å². The van der Waals surface area contributed by atoms with Gasteiger partial charge in [-0.15, -0.1) is 0 Å². The molecule has 0 unspecified atom stereocenters. The molecular formula is C17H17ClN4OS2. The SMILES string of the molecule is CCN(CC)C(=O)CSc1ncnc2c(-c3ccc(Cl)cc3)nsc12. The normalized spacial score (nSPS) is 11.0. The minimum Gasteiger partial charge on any atom is -0.343 e. The van der Waals surface area contributed by atoms with Crippen LogP contribution in [0.25, 0.3) is 21.5 Å². The smallest absolute Gasteiger partial charge is 0.232 e. The molecule has 0 aliphatic heterocycles. The molecule has 2 heterocycles. The average Bonchev–Trinajstić information content (AvgIpc) is 3.06. The van der Waals surface area contributed by atoms with E-state index < -0.39 is 0 Å². The number of amides is 1. The molecule has 5 nitrogen and oxygen atoms in total. The van der Waals surface area contributed by atoms with Crippen LogP contribution < -0.4 is 0 Å². The fourth-order valence-electron chi connectivity index (χ4n) is 2.44. The number of aromatic nitrogens is 3. The minimum absolute atomic E-state index is 0.115. The fraction of sp³-hybridized carbons (Fsp3) is 0.294. The van der Waals surface area contributed by atoms with E-state index in [4.69, 9.17) is 11.6 Å². The quantitative estimate of drug-likeness (QED) is 0.460. The van der Waals surface area contributed by atoms with Crippen molar-refractivity contribution >= 4 is 51.0 Å². The molecule has 0 aliphatic rings. The minimum atomic E-state index is 0.115. The molecule has 3 rings (SSSR count). The second kappa shape index (κ2) is 8.12. The molecule has 0 saturated heterocycles. The van der Waals surface area contributed by atoms with Gasteiger partial charge in [-0.2, -0.15) is 4.37 Å². The zero-order valence-electron chi connectivity index (χ0n) is 13.9. The number of carbonyl (C=O) groups is 1. The third-order valence-electron chi connectivity index (χ3n) is 3.79. The Morgan fingerprint density at radius 2 is 1.92 bits per heavy atom. The maximum absolute atomic E-state index is 12.2. The first kappa shape index (κ1) is 18.1. The van der Waals surface area contributed by atoms with E-state index in [0.717, 1.165) is 39.6 Å². The third-order valence-corrected chi connectivity index (χ3v) is 5.99. The van der Waals surface area contributed by atoms with E-state index in [1.165, 1.54) is 29.6 Å². The topological polar surface area (TPSA) is 59.0 Å². The van der Waals surface area contributed by atoms with Crippen LogP contribution in [0.15, 0.2) is 35.6 Å². The highest BCUT2D eigenvalue weighted by molar-refractivity contribution is 8.00. The highest BCUT2D eigenvalue weighted by atomic mass is 35.5. The lowest BCUT2D eigenvalue weighted by Crippen LogP contribution is -2.31. The third kappa shape index (κ3) is 3.94. The number of rotatable bonds is 6. The van der Waals surface area contributed by atoms with Gasteiger partial charge in [-0.25, -0.2) is 9.97 Å². The highest BCUT2D eigenvalue weighted by Crippen LogP contribution is 2.34. The number of fused-ring (bicyclic) bond motifs is 1. The Kier molecular flexibility index (Phi) is 5.88. The average molecular weight is 393 g/mol. The molecule has 0 spiro atoms. The Bertz CT molecular complexity index is 878. The number of benzene rings is 1. The van der Waals surface area contributed by atoms with E-state index in [0.29, 0.717) is 10.8 Å². The van der Waals surface area contributed by atoms with Gasteiger partial charge in [-0.05, 0) is 37.5 Å². The molecule has 2 aromatic heterocycles. The Labute approximate surface area is 159 Å². The van der Waals surface area contributed by atoms with E-state index in [9.17, 15) is 4.79 Å². The number of hydrogen-bond acceptors (Lipinski definition) is 6. The summed E-state index contributed by atoms with van der Waals surface area (Å²) >= 11 is 8.75. The van der Waals surface area contributed by atoms with Crippen LogP contribution in [0.5, 0.6) is 0 Å². The molecule has 0 fully saturated rings. The van der Waals surface area contributed by atoms with Gasteiger partial charge in [0.05, 0.1) is 5.75 Å². The molecule has 0 atom stereocenters. The summed E-state index contributed by atoms with van der Waals surface area (Å²) in [6.45, 7) is 5.40. The summed E-state index contributed by atoms with van der Waals surface area (Å²) in [5.74, 6) is 0.478. The second-order valence-corrected chi connectivity index (χ2v) is 7.42. The largest absolute Gasteiger partial charge is 0.343 e. The van der Waals surface area contributed by atoms with Crippen molar-refractivity contribution in [3.63, 3.8) is 0 Å². The van der Waals surface area contributed by atoms with Crippen LogP contribution in [0.2, 0.25) is 5.02 Å². The summed E-state index contributed by atoms with van der Waals surface area (Å²) in [5, 5.41) is 1.48. The summed E-state index contributed by atoms with van der Waals surface area (Å²) in [4.78, 5) is 22.8. The van der Waals surface area contributed by atoms with Crippen molar-refractivity contribution in [2.24, 2.45) is 0 Å². The second-order valence-electron chi connectivity index (χ2n) is 5.25. The lowest BCUT2D eigenvalue weighted by Gasteiger charge is -2.17. The van der Waals surface area contributed by atoms with Crippen molar-refractivity contribution in [3.8, 4) is 11.3 Å². The molecule has 130 valence electrons. The van der Waals surface area contributed by atoms with E-state index in [1.807, 2.05) is 43.0 Å². The van der Waals surface area contributed by atoms with Crippen molar-refractivity contribution in [3.05, 3.63) is 35.6 Å².